The summed E-state index contributed by atoms with van der Waals surface area (Å²) in [4.78, 5) is 18.1. The molecule has 1 aliphatic heterocycles. The van der Waals surface area contributed by atoms with Crippen LogP contribution in [0.4, 0.5) is 0 Å². The highest BCUT2D eigenvalue weighted by Crippen LogP contribution is 2.26. The molecule has 0 atom stereocenters. The zero-order valence-corrected chi connectivity index (χ0v) is 14.0. The zero-order valence-electron chi connectivity index (χ0n) is 13.3. The van der Waals surface area contributed by atoms with Crippen molar-refractivity contribution in [3.63, 3.8) is 0 Å². The third-order valence-corrected chi connectivity index (χ3v) is 4.85. The number of ketones is 1. The Hall–Kier alpha value is -2.17. The summed E-state index contributed by atoms with van der Waals surface area (Å²) in [5, 5.41) is 1.93. The Morgan fingerprint density at radius 3 is 2.58 bits per heavy atom. The van der Waals surface area contributed by atoms with Gasteiger partial charge in [-0.05, 0) is 35.9 Å². The number of aromatic nitrogens is 2. The highest BCUT2D eigenvalue weighted by molar-refractivity contribution is 6.30. The number of benzene rings is 1. The second-order valence-corrected chi connectivity index (χ2v) is 6.64. The fourth-order valence-electron chi connectivity index (χ4n) is 3.29. The molecule has 122 valence electrons. The first-order chi connectivity index (χ1) is 11.7. The molecule has 0 radical (unpaired) electrons. The first-order valence-electron chi connectivity index (χ1n) is 8.14. The summed E-state index contributed by atoms with van der Waals surface area (Å²) in [7, 11) is 0. The van der Waals surface area contributed by atoms with Crippen LogP contribution in [0.15, 0.2) is 48.9 Å². The second kappa shape index (κ2) is 6.38. The van der Waals surface area contributed by atoms with E-state index in [2.05, 4.69) is 26.7 Å². The predicted octanol–water partition coefficient (Wildman–Crippen LogP) is 3.84. The summed E-state index contributed by atoms with van der Waals surface area (Å²) in [5.74, 6) is 0.374. The molecule has 1 saturated heterocycles. The number of likely N-dealkylation sites (tertiary alicyclic amines) is 1. The molecule has 3 aromatic rings. The van der Waals surface area contributed by atoms with Gasteiger partial charge < -0.3 is 4.57 Å². The van der Waals surface area contributed by atoms with Gasteiger partial charge in [0.15, 0.2) is 0 Å². The van der Waals surface area contributed by atoms with Crippen LogP contribution in [0.2, 0.25) is 5.02 Å². The number of hydrogen-bond acceptors (Lipinski definition) is 3. The molecule has 0 N–H and O–H groups in total. The molecule has 1 aromatic carbocycles. The van der Waals surface area contributed by atoms with Crippen LogP contribution >= 0.6 is 11.6 Å². The number of fused-ring (bicyclic) bond motifs is 1. The van der Waals surface area contributed by atoms with Crippen LogP contribution in [-0.2, 0) is 11.3 Å². The Balaban J connectivity index is 1.71. The molecule has 5 heteroatoms. The van der Waals surface area contributed by atoms with E-state index < -0.39 is 0 Å². The summed E-state index contributed by atoms with van der Waals surface area (Å²) >= 11 is 6.01. The van der Waals surface area contributed by atoms with E-state index in [0.717, 1.165) is 35.9 Å². The van der Waals surface area contributed by atoms with Gasteiger partial charge in [-0.2, -0.15) is 0 Å². The van der Waals surface area contributed by atoms with Crippen LogP contribution in [0.3, 0.4) is 0 Å². The first-order valence-corrected chi connectivity index (χ1v) is 8.52. The van der Waals surface area contributed by atoms with Crippen molar-refractivity contribution < 1.29 is 4.79 Å². The van der Waals surface area contributed by atoms with Crippen molar-refractivity contribution in [3.8, 4) is 5.69 Å². The summed E-state index contributed by atoms with van der Waals surface area (Å²) in [5.41, 5.74) is 3.41. The molecule has 4 nitrogen and oxygen atoms in total. The van der Waals surface area contributed by atoms with E-state index in [0.29, 0.717) is 18.6 Å². The van der Waals surface area contributed by atoms with Gasteiger partial charge in [-0.3, -0.25) is 14.7 Å². The molecule has 1 aliphatic rings. The first kappa shape index (κ1) is 15.4. The van der Waals surface area contributed by atoms with Gasteiger partial charge >= 0.3 is 0 Å². The Morgan fingerprint density at radius 2 is 1.83 bits per heavy atom. The minimum absolute atomic E-state index is 0.374. The molecular weight excluding hydrogens is 322 g/mol. The van der Waals surface area contributed by atoms with Gasteiger partial charge in [0.25, 0.3) is 0 Å². The molecule has 3 heterocycles. The van der Waals surface area contributed by atoms with Crippen LogP contribution in [-0.4, -0.2) is 33.3 Å². The van der Waals surface area contributed by atoms with Crippen LogP contribution in [0.25, 0.3) is 16.6 Å². The topological polar surface area (TPSA) is 38.1 Å². The fraction of sp³-hybridized carbons (Fsp3) is 0.263. The monoisotopic (exact) mass is 339 g/mol. The largest absolute Gasteiger partial charge is 0.315 e. The lowest BCUT2D eigenvalue weighted by Crippen LogP contribution is -2.33. The van der Waals surface area contributed by atoms with Crippen molar-refractivity contribution in [2.75, 3.05) is 13.1 Å². The summed E-state index contributed by atoms with van der Waals surface area (Å²) in [6, 6.07) is 9.88. The minimum atomic E-state index is 0.374. The van der Waals surface area contributed by atoms with Gasteiger partial charge in [-0.15, -0.1) is 0 Å². The van der Waals surface area contributed by atoms with Gasteiger partial charge in [-0.25, -0.2) is 0 Å². The molecule has 4 rings (SSSR count). The second-order valence-electron chi connectivity index (χ2n) is 6.21. The van der Waals surface area contributed by atoms with Crippen molar-refractivity contribution in [1.29, 1.82) is 0 Å². The smallest absolute Gasteiger partial charge is 0.135 e. The molecule has 0 unspecified atom stereocenters. The number of piperidine rings is 1. The van der Waals surface area contributed by atoms with Crippen molar-refractivity contribution >= 4 is 28.3 Å². The van der Waals surface area contributed by atoms with Gasteiger partial charge in [-0.1, -0.05) is 11.6 Å². The minimum Gasteiger partial charge on any atom is -0.315 e. The van der Waals surface area contributed by atoms with Crippen LogP contribution < -0.4 is 0 Å². The predicted molar refractivity (Wildman–Crippen MR) is 95.6 cm³/mol. The molecule has 2 aromatic heterocycles. The van der Waals surface area contributed by atoms with Gasteiger partial charge in [0.05, 0.1) is 11.7 Å². The quantitative estimate of drug-likeness (QED) is 0.727. The Morgan fingerprint density at radius 1 is 1.08 bits per heavy atom. The standard InChI is InChI=1S/C19H18ClN3O/c20-15-1-3-16(4-2-15)23-13-14(18-5-8-21-11-19(18)23)12-22-9-6-17(24)7-10-22/h1-5,8,11,13H,6-7,9-10,12H2. The number of pyridine rings is 1. The van der Waals surface area contributed by atoms with E-state index in [-0.39, 0.29) is 0 Å². The molecular formula is C19H18ClN3O. The number of halogens is 1. The summed E-state index contributed by atoms with van der Waals surface area (Å²) in [6.07, 6.45) is 7.23. The lowest BCUT2D eigenvalue weighted by molar-refractivity contribution is -0.121. The Labute approximate surface area is 145 Å². The summed E-state index contributed by atoms with van der Waals surface area (Å²) in [6.45, 7) is 2.55. The van der Waals surface area contributed by atoms with E-state index >= 15 is 0 Å². The van der Waals surface area contributed by atoms with E-state index in [1.165, 1.54) is 10.9 Å². The summed E-state index contributed by atoms with van der Waals surface area (Å²) < 4.78 is 2.16. The molecule has 0 amide bonds. The Bertz CT molecular complexity index is 875. The van der Waals surface area contributed by atoms with Crippen molar-refractivity contribution in [2.45, 2.75) is 19.4 Å². The molecule has 1 fully saturated rings. The molecule has 0 saturated carbocycles. The highest BCUT2D eigenvalue weighted by Gasteiger charge is 2.18. The van der Waals surface area contributed by atoms with Gasteiger partial charge in [0, 0.05) is 61.0 Å². The zero-order chi connectivity index (χ0) is 16.5. The fourth-order valence-corrected chi connectivity index (χ4v) is 3.41. The molecule has 24 heavy (non-hydrogen) atoms. The van der Waals surface area contributed by atoms with Crippen LogP contribution in [0, 0.1) is 0 Å². The van der Waals surface area contributed by atoms with E-state index in [9.17, 15) is 4.79 Å². The molecule has 0 bridgehead atoms. The number of Topliss-reactive ketones (excluding diaryl/α,β-unsaturated/α-hetero) is 1. The lowest BCUT2D eigenvalue weighted by atomic mass is 10.1. The number of carbonyl (C=O) groups is 1. The highest BCUT2D eigenvalue weighted by atomic mass is 35.5. The normalized spacial score (nSPS) is 16.0. The number of hydrogen-bond donors (Lipinski definition) is 0. The molecule has 0 spiro atoms. The number of rotatable bonds is 3. The third-order valence-electron chi connectivity index (χ3n) is 4.60. The number of carbonyl (C=O) groups excluding carboxylic acids is 1. The maximum Gasteiger partial charge on any atom is 0.135 e. The average molecular weight is 340 g/mol. The maximum atomic E-state index is 11.4. The van der Waals surface area contributed by atoms with Crippen LogP contribution in [0.1, 0.15) is 18.4 Å². The average Bonchev–Trinajstić information content (AvgIpc) is 2.97. The van der Waals surface area contributed by atoms with Gasteiger partial charge in [0.2, 0.25) is 0 Å². The number of nitrogens with zero attached hydrogens (tertiary/aromatic N) is 3. The van der Waals surface area contributed by atoms with Crippen molar-refractivity contribution in [3.05, 3.63) is 59.5 Å². The van der Waals surface area contributed by atoms with Crippen molar-refractivity contribution in [1.82, 2.24) is 14.5 Å². The van der Waals surface area contributed by atoms with Crippen LogP contribution in [0.5, 0.6) is 0 Å². The lowest BCUT2D eigenvalue weighted by Gasteiger charge is -2.25. The molecule has 0 aliphatic carbocycles. The third kappa shape index (κ3) is 2.95. The maximum absolute atomic E-state index is 11.4. The Kier molecular flexibility index (Phi) is 4.08. The van der Waals surface area contributed by atoms with E-state index in [1.54, 1.807) is 0 Å². The van der Waals surface area contributed by atoms with E-state index in [1.807, 2.05) is 36.7 Å². The van der Waals surface area contributed by atoms with Gasteiger partial charge in [0.1, 0.15) is 5.78 Å². The van der Waals surface area contributed by atoms with E-state index in [4.69, 9.17) is 11.6 Å². The van der Waals surface area contributed by atoms with Crippen molar-refractivity contribution in [2.24, 2.45) is 0 Å². The SMILES string of the molecule is O=C1CCN(Cc2cn(-c3ccc(Cl)cc3)c3cnccc23)CC1.